The Kier molecular flexibility index (Phi) is 19.4. The number of hydrogen-bond donors (Lipinski definition) is 0. The predicted octanol–water partition coefficient (Wildman–Crippen LogP) is 10.4. The SMILES string of the molecule is CC(=O)OC[C@H]1O[C@H](Oc2ccc(Br)cc2)[C@@H](OCc2ccccc2)[C@@H](C[C@H]2O[C@H](COC(C)=O)[C@@H](OCc3ccccc3)[C@H](OCc3ccccc3)[C@@H]2OCc2ccccc2)[C@@H]1OCc1ccccc1. The van der Waals surface area contributed by atoms with Gasteiger partial charge in [0.2, 0.25) is 6.29 Å². The molecule has 0 radical (unpaired) electrons. The second-order valence-corrected chi connectivity index (χ2v) is 18.6. The number of hydrogen-bond acceptors (Lipinski definition) is 12. The third-order valence-electron chi connectivity index (χ3n) is 12.4. The Bertz CT molecular complexity index is 2490. The molecular formula is C58H61BrO12. The van der Waals surface area contributed by atoms with Crippen molar-refractivity contribution in [3.8, 4) is 5.75 Å². The van der Waals surface area contributed by atoms with E-state index in [9.17, 15) is 9.59 Å². The third kappa shape index (κ3) is 15.4. The quantitative estimate of drug-likeness (QED) is 0.0567. The highest BCUT2D eigenvalue weighted by atomic mass is 79.9. The number of halogens is 1. The Morgan fingerprint density at radius 2 is 0.775 bits per heavy atom. The molecule has 2 aliphatic rings. The average molecular weight is 1030 g/mol. The summed E-state index contributed by atoms with van der Waals surface area (Å²) in [7, 11) is 0. The summed E-state index contributed by atoms with van der Waals surface area (Å²) in [5, 5.41) is 0. The summed E-state index contributed by atoms with van der Waals surface area (Å²) in [6.07, 6.45) is -7.11. The highest BCUT2D eigenvalue weighted by molar-refractivity contribution is 9.10. The van der Waals surface area contributed by atoms with Gasteiger partial charge in [0.25, 0.3) is 0 Å². The molecule has 0 aliphatic carbocycles. The standard InChI is InChI=1S/C58H61BrO12/c1-40(60)62-38-51-53(64-33-42-18-8-3-9-19-42)49(54(65-34-43-20-10-4-11-21-43)58(71-51)69-48-30-28-47(59)29-31-48)32-50-55(66-35-44-22-12-5-13-23-44)57(68-37-46-26-16-7-17-27-46)56(52(70-50)39-63-41(2)61)67-36-45-24-14-6-15-25-45/h3-31,49-58H,32-39H2,1-2H3/t49-,50+,51+,52+,53-,54-,55+,56+,57+,58-/m0/s1. The van der Waals surface area contributed by atoms with Gasteiger partial charge in [0, 0.05) is 24.2 Å². The van der Waals surface area contributed by atoms with Gasteiger partial charge in [-0.3, -0.25) is 9.59 Å². The Labute approximate surface area is 424 Å². The third-order valence-corrected chi connectivity index (χ3v) is 12.9. The van der Waals surface area contributed by atoms with Gasteiger partial charge < -0.3 is 47.4 Å². The van der Waals surface area contributed by atoms with Crippen molar-refractivity contribution in [1.82, 2.24) is 0 Å². The summed E-state index contributed by atoms with van der Waals surface area (Å²) in [4.78, 5) is 25.2. The van der Waals surface area contributed by atoms with Crippen LogP contribution in [-0.4, -0.2) is 80.3 Å². The number of carbonyl (C=O) groups excluding carboxylic acids is 2. The first-order valence-electron chi connectivity index (χ1n) is 24.0. The van der Waals surface area contributed by atoms with Crippen molar-refractivity contribution in [2.75, 3.05) is 13.2 Å². The number of carbonyl (C=O) groups is 2. The second kappa shape index (κ2) is 26.6. The van der Waals surface area contributed by atoms with Crippen LogP contribution >= 0.6 is 15.9 Å². The fourth-order valence-electron chi connectivity index (χ4n) is 8.98. The Morgan fingerprint density at radius 1 is 0.423 bits per heavy atom. The summed E-state index contributed by atoms with van der Waals surface area (Å²) >= 11 is 3.55. The minimum Gasteiger partial charge on any atom is -0.463 e. The molecule has 10 atom stereocenters. The zero-order chi connectivity index (χ0) is 49.2. The molecule has 0 N–H and O–H groups in total. The fraction of sp³-hybridized carbons (Fsp3) is 0.345. The minimum absolute atomic E-state index is 0.123. The predicted molar refractivity (Wildman–Crippen MR) is 269 cm³/mol. The van der Waals surface area contributed by atoms with Crippen molar-refractivity contribution in [2.45, 2.75) is 108 Å². The molecule has 2 saturated heterocycles. The van der Waals surface area contributed by atoms with Gasteiger partial charge in [-0.1, -0.05) is 168 Å². The molecule has 372 valence electrons. The van der Waals surface area contributed by atoms with Crippen LogP contribution in [0.1, 0.15) is 48.1 Å². The van der Waals surface area contributed by atoms with Crippen LogP contribution in [-0.2, 0) is 85.3 Å². The number of esters is 2. The summed E-state index contributed by atoms with van der Waals surface area (Å²) in [5.41, 5.74) is 4.70. The van der Waals surface area contributed by atoms with Crippen LogP contribution in [0.15, 0.2) is 180 Å². The molecule has 2 aliphatic heterocycles. The van der Waals surface area contributed by atoms with E-state index in [0.717, 1.165) is 32.3 Å². The van der Waals surface area contributed by atoms with Crippen molar-refractivity contribution in [1.29, 1.82) is 0 Å². The lowest BCUT2D eigenvalue weighted by molar-refractivity contribution is -0.304. The number of rotatable bonds is 23. The van der Waals surface area contributed by atoms with Crippen molar-refractivity contribution in [2.24, 2.45) is 5.92 Å². The summed E-state index contributed by atoms with van der Waals surface area (Å²) in [6, 6.07) is 56.9. The Hall–Kier alpha value is -5.74. The van der Waals surface area contributed by atoms with Gasteiger partial charge in [-0.2, -0.15) is 0 Å². The van der Waals surface area contributed by atoms with Crippen molar-refractivity contribution < 1.29 is 57.0 Å². The number of ether oxygens (including phenoxy) is 10. The summed E-state index contributed by atoms with van der Waals surface area (Å²) in [5.74, 6) is -0.994. The maximum atomic E-state index is 12.6. The molecule has 12 nitrogen and oxygen atoms in total. The van der Waals surface area contributed by atoms with E-state index in [1.807, 2.05) is 176 Å². The van der Waals surface area contributed by atoms with E-state index in [0.29, 0.717) is 5.75 Å². The molecule has 0 saturated carbocycles. The molecule has 71 heavy (non-hydrogen) atoms. The van der Waals surface area contributed by atoms with E-state index >= 15 is 0 Å². The smallest absolute Gasteiger partial charge is 0.302 e. The van der Waals surface area contributed by atoms with Crippen LogP contribution in [0.5, 0.6) is 5.75 Å². The van der Waals surface area contributed by atoms with Gasteiger partial charge in [0.05, 0.1) is 45.2 Å². The molecule has 8 rings (SSSR count). The Balaban J connectivity index is 1.24. The van der Waals surface area contributed by atoms with Gasteiger partial charge in [-0.25, -0.2) is 0 Å². The summed E-state index contributed by atoms with van der Waals surface area (Å²) < 4.78 is 68.3. The van der Waals surface area contributed by atoms with Crippen molar-refractivity contribution >= 4 is 27.9 Å². The first kappa shape index (κ1) is 51.6. The van der Waals surface area contributed by atoms with Gasteiger partial charge in [-0.05, 0) is 58.5 Å². The molecule has 0 unspecified atom stereocenters. The molecule has 0 bridgehead atoms. The average Bonchev–Trinajstić information content (AvgIpc) is 3.39. The van der Waals surface area contributed by atoms with E-state index < -0.39 is 73.0 Å². The largest absolute Gasteiger partial charge is 0.463 e. The highest BCUT2D eigenvalue weighted by Gasteiger charge is 2.54. The Morgan fingerprint density at radius 3 is 1.18 bits per heavy atom. The van der Waals surface area contributed by atoms with Gasteiger partial charge in [0.1, 0.15) is 55.6 Å². The molecule has 0 aromatic heterocycles. The molecular weight excluding hydrogens is 969 g/mol. The normalized spacial score (nSPS) is 24.2. The van der Waals surface area contributed by atoms with Gasteiger partial charge in [0.15, 0.2) is 0 Å². The lowest BCUT2D eigenvalue weighted by atomic mass is 9.80. The first-order valence-corrected chi connectivity index (χ1v) is 24.8. The maximum absolute atomic E-state index is 12.6. The molecule has 0 spiro atoms. The lowest BCUT2D eigenvalue weighted by Crippen LogP contribution is -2.64. The molecule has 2 fully saturated rings. The molecule has 2 heterocycles. The van der Waals surface area contributed by atoms with Gasteiger partial charge in [-0.15, -0.1) is 0 Å². The van der Waals surface area contributed by atoms with Crippen LogP contribution in [0.3, 0.4) is 0 Å². The monoisotopic (exact) mass is 1030 g/mol. The van der Waals surface area contributed by atoms with E-state index in [-0.39, 0.29) is 52.7 Å². The van der Waals surface area contributed by atoms with Crippen molar-refractivity contribution in [3.05, 3.63) is 208 Å². The second-order valence-electron chi connectivity index (χ2n) is 17.6. The van der Waals surface area contributed by atoms with E-state index in [2.05, 4.69) is 15.9 Å². The van der Waals surface area contributed by atoms with Gasteiger partial charge >= 0.3 is 11.9 Å². The molecule has 6 aromatic rings. The zero-order valence-electron chi connectivity index (χ0n) is 40.0. The van der Waals surface area contributed by atoms with Crippen LogP contribution in [0.25, 0.3) is 0 Å². The van der Waals surface area contributed by atoms with Crippen LogP contribution < -0.4 is 4.74 Å². The maximum Gasteiger partial charge on any atom is 0.302 e. The topological polar surface area (TPSA) is 126 Å². The van der Waals surface area contributed by atoms with Crippen LogP contribution in [0.4, 0.5) is 0 Å². The van der Waals surface area contributed by atoms with E-state index in [1.165, 1.54) is 13.8 Å². The molecule has 13 heteroatoms. The minimum atomic E-state index is -1.03. The molecule has 6 aromatic carbocycles. The van der Waals surface area contributed by atoms with Crippen LogP contribution in [0.2, 0.25) is 0 Å². The van der Waals surface area contributed by atoms with E-state index in [4.69, 9.17) is 47.4 Å². The number of benzene rings is 6. The zero-order valence-corrected chi connectivity index (χ0v) is 41.5. The fourth-order valence-corrected chi connectivity index (χ4v) is 9.24. The first-order chi connectivity index (χ1) is 34.8. The lowest BCUT2D eigenvalue weighted by Gasteiger charge is -2.50. The molecule has 0 amide bonds. The van der Waals surface area contributed by atoms with Crippen molar-refractivity contribution in [3.63, 3.8) is 0 Å². The van der Waals surface area contributed by atoms with Crippen LogP contribution in [0, 0.1) is 5.92 Å². The summed E-state index contributed by atoms with van der Waals surface area (Å²) in [6.45, 7) is 3.56. The highest BCUT2D eigenvalue weighted by Crippen LogP contribution is 2.41. The van der Waals surface area contributed by atoms with E-state index in [1.54, 1.807) is 0 Å².